The van der Waals surface area contributed by atoms with Gasteiger partial charge >= 0.3 is 6.03 Å². The summed E-state index contributed by atoms with van der Waals surface area (Å²) in [5.41, 5.74) is 3.77. The molecule has 4 rings (SSSR count). The minimum atomic E-state index is -0.129. The Morgan fingerprint density at radius 2 is 2.04 bits per heavy atom. The van der Waals surface area contributed by atoms with Crippen LogP contribution in [0.1, 0.15) is 5.56 Å². The normalized spacial score (nSPS) is 15.6. The number of nitrogens with zero attached hydrogens (tertiary/aromatic N) is 4. The van der Waals surface area contributed by atoms with Crippen molar-refractivity contribution in [2.75, 3.05) is 38.5 Å². The molecule has 2 amide bonds. The number of nitrogens with one attached hydrogen (secondary N) is 3. The van der Waals surface area contributed by atoms with Crippen LogP contribution < -0.4 is 5.32 Å². The molecule has 1 saturated heterocycles. The van der Waals surface area contributed by atoms with Crippen molar-refractivity contribution in [3.8, 4) is 11.5 Å². The van der Waals surface area contributed by atoms with Crippen LogP contribution >= 0.6 is 11.6 Å². The van der Waals surface area contributed by atoms with Crippen LogP contribution in [0.15, 0.2) is 18.3 Å². The molecular weight excluding hydrogens is 354 g/mol. The molecule has 0 saturated carbocycles. The van der Waals surface area contributed by atoms with Crippen LogP contribution in [0, 0.1) is 6.92 Å². The summed E-state index contributed by atoms with van der Waals surface area (Å²) in [6.45, 7) is 5.10. The summed E-state index contributed by atoms with van der Waals surface area (Å²) in [7, 11) is 2.05. The minimum absolute atomic E-state index is 0.129. The zero-order valence-electron chi connectivity index (χ0n) is 14.6. The van der Waals surface area contributed by atoms with E-state index in [2.05, 4.69) is 37.4 Å². The van der Waals surface area contributed by atoms with Gasteiger partial charge in [-0.15, -0.1) is 0 Å². The van der Waals surface area contributed by atoms with E-state index in [0.717, 1.165) is 29.7 Å². The molecule has 0 radical (unpaired) electrons. The topological polar surface area (TPSA) is 92.9 Å². The van der Waals surface area contributed by atoms with E-state index in [0.29, 0.717) is 35.3 Å². The van der Waals surface area contributed by atoms with Gasteiger partial charge in [0.05, 0.1) is 16.7 Å². The largest absolute Gasteiger partial charge is 0.337 e. The van der Waals surface area contributed by atoms with E-state index < -0.39 is 0 Å². The lowest BCUT2D eigenvalue weighted by Gasteiger charge is -2.32. The third-order valence-electron chi connectivity index (χ3n) is 4.66. The van der Waals surface area contributed by atoms with Gasteiger partial charge in [-0.05, 0) is 31.7 Å². The third-order valence-corrected chi connectivity index (χ3v) is 5.07. The van der Waals surface area contributed by atoms with Crippen LogP contribution in [-0.2, 0) is 0 Å². The number of urea groups is 1. The smallest absolute Gasteiger partial charge is 0.322 e. The van der Waals surface area contributed by atoms with Gasteiger partial charge in [0, 0.05) is 37.4 Å². The number of H-pyrrole nitrogens is 2. The van der Waals surface area contributed by atoms with Gasteiger partial charge in [0.15, 0.2) is 11.5 Å². The van der Waals surface area contributed by atoms with Gasteiger partial charge in [0.1, 0.15) is 0 Å². The van der Waals surface area contributed by atoms with Crippen molar-refractivity contribution in [1.29, 1.82) is 0 Å². The fraction of sp³-hybridized carbons (Fsp3) is 0.353. The van der Waals surface area contributed by atoms with Crippen LogP contribution in [0.4, 0.5) is 10.5 Å². The average molecular weight is 374 g/mol. The number of aromatic nitrogens is 4. The Morgan fingerprint density at radius 3 is 2.81 bits per heavy atom. The molecule has 0 spiro atoms. The van der Waals surface area contributed by atoms with E-state index in [-0.39, 0.29) is 6.03 Å². The quantitative estimate of drug-likeness (QED) is 0.643. The van der Waals surface area contributed by atoms with Crippen molar-refractivity contribution in [3.05, 3.63) is 28.9 Å². The zero-order chi connectivity index (χ0) is 18.3. The maximum Gasteiger partial charge on any atom is 0.322 e. The summed E-state index contributed by atoms with van der Waals surface area (Å²) >= 11 is 6.18. The Balaban J connectivity index is 1.58. The number of fused-ring (bicyclic) bond motifs is 1. The molecule has 3 N–H and O–H groups in total. The summed E-state index contributed by atoms with van der Waals surface area (Å²) in [5.74, 6) is 0.580. The maximum atomic E-state index is 12.5. The van der Waals surface area contributed by atoms with Crippen molar-refractivity contribution < 1.29 is 4.79 Å². The Kier molecular flexibility index (Phi) is 4.29. The number of hydrogen-bond donors (Lipinski definition) is 3. The van der Waals surface area contributed by atoms with Crippen molar-refractivity contribution in [2.45, 2.75) is 6.92 Å². The number of hydrogen-bond acceptors (Lipinski definition) is 4. The standard InChI is InChI=1S/C17H20ClN7O/c1-10-7-12-13(8-11(10)18)21-16(20-12)15-14(9-19-23-15)22-17(26)25-5-3-24(2)4-6-25/h7-9H,3-6H2,1-2H3,(H,19,23)(H,20,21)(H,22,26). The second-order valence-electron chi connectivity index (χ2n) is 6.57. The predicted molar refractivity (Wildman–Crippen MR) is 102 cm³/mol. The van der Waals surface area contributed by atoms with Gasteiger partial charge < -0.3 is 20.1 Å². The van der Waals surface area contributed by atoms with Crippen LogP contribution in [0.2, 0.25) is 5.02 Å². The highest BCUT2D eigenvalue weighted by molar-refractivity contribution is 6.32. The molecule has 0 aliphatic carbocycles. The second kappa shape index (κ2) is 6.62. The van der Waals surface area contributed by atoms with E-state index >= 15 is 0 Å². The van der Waals surface area contributed by atoms with E-state index in [1.54, 1.807) is 11.1 Å². The number of amides is 2. The highest BCUT2D eigenvalue weighted by Gasteiger charge is 2.21. The molecule has 2 aromatic heterocycles. The summed E-state index contributed by atoms with van der Waals surface area (Å²) in [6.07, 6.45) is 1.66. The summed E-state index contributed by atoms with van der Waals surface area (Å²) in [4.78, 5) is 24.3. The number of aryl methyl sites for hydroxylation is 1. The molecule has 3 heterocycles. The number of piperazine rings is 1. The first-order valence-electron chi connectivity index (χ1n) is 8.46. The Hall–Kier alpha value is -2.58. The van der Waals surface area contributed by atoms with Crippen LogP contribution in [0.25, 0.3) is 22.6 Å². The SMILES string of the molecule is Cc1cc2[nH]c(-c3n[nH]cc3NC(=O)N3CCN(C)CC3)nc2cc1Cl. The van der Waals surface area contributed by atoms with Gasteiger partial charge in [-0.2, -0.15) is 5.10 Å². The van der Waals surface area contributed by atoms with Crippen LogP contribution in [0.3, 0.4) is 0 Å². The van der Waals surface area contributed by atoms with Gasteiger partial charge in [0.25, 0.3) is 0 Å². The molecule has 3 aromatic rings. The number of carbonyl (C=O) groups is 1. The Bertz CT molecular complexity index is 916. The molecule has 8 nitrogen and oxygen atoms in total. The van der Waals surface area contributed by atoms with Crippen molar-refractivity contribution in [3.63, 3.8) is 0 Å². The predicted octanol–water partition coefficient (Wildman–Crippen LogP) is 2.69. The fourth-order valence-corrected chi connectivity index (χ4v) is 3.18. The first kappa shape index (κ1) is 16.9. The van der Waals surface area contributed by atoms with Crippen molar-refractivity contribution in [1.82, 2.24) is 30.0 Å². The highest BCUT2D eigenvalue weighted by Crippen LogP contribution is 2.28. The van der Waals surface area contributed by atoms with Gasteiger partial charge in [-0.1, -0.05) is 11.6 Å². The monoisotopic (exact) mass is 373 g/mol. The third kappa shape index (κ3) is 3.13. The number of anilines is 1. The lowest BCUT2D eigenvalue weighted by Crippen LogP contribution is -2.48. The number of halogens is 1. The molecule has 1 aliphatic rings. The van der Waals surface area contributed by atoms with E-state index in [4.69, 9.17) is 11.6 Å². The number of benzene rings is 1. The zero-order valence-corrected chi connectivity index (χ0v) is 15.4. The number of rotatable bonds is 2. The lowest BCUT2D eigenvalue weighted by atomic mass is 10.2. The molecule has 1 aliphatic heterocycles. The van der Waals surface area contributed by atoms with Gasteiger partial charge in [-0.25, -0.2) is 9.78 Å². The molecule has 0 unspecified atom stereocenters. The molecular formula is C17H20ClN7O. The summed E-state index contributed by atoms with van der Waals surface area (Å²) in [5, 5.41) is 10.6. The molecule has 26 heavy (non-hydrogen) atoms. The number of aromatic amines is 2. The van der Waals surface area contributed by atoms with Gasteiger partial charge in [-0.3, -0.25) is 5.10 Å². The van der Waals surface area contributed by atoms with Crippen LogP contribution in [0.5, 0.6) is 0 Å². The molecule has 1 aromatic carbocycles. The Morgan fingerprint density at radius 1 is 1.27 bits per heavy atom. The Labute approximate surface area is 155 Å². The molecule has 0 bridgehead atoms. The lowest BCUT2D eigenvalue weighted by molar-refractivity contribution is 0.164. The number of imidazole rings is 1. The van der Waals surface area contributed by atoms with E-state index in [9.17, 15) is 4.79 Å². The van der Waals surface area contributed by atoms with Gasteiger partial charge in [0.2, 0.25) is 0 Å². The van der Waals surface area contributed by atoms with E-state index in [1.165, 1.54) is 0 Å². The number of likely N-dealkylation sites (N-methyl/N-ethyl adjacent to an activating group) is 1. The van der Waals surface area contributed by atoms with Crippen LogP contribution in [-0.4, -0.2) is 69.2 Å². The van der Waals surface area contributed by atoms with E-state index in [1.807, 2.05) is 19.1 Å². The average Bonchev–Trinajstić information content (AvgIpc) is 3.22. The summed E-state index contributed by atoms with van der Waals surface area (Å²) in [6, 6.07) is 3.64. The molecule has 9 heteroatoms. The van der Waals surface area contributed by atoms with Crippen molar-refractivity contribution in [2.24, 2.45) is 0 Å². The first-order chi connectivity index (χ1) is 12.5. The summed E-state index contributed by atoms with van der Waals surface area (Å²) < 4.78 is 0. The fourth-order valence-electron chi connectivity index (χ4n) is 3.02. The molecule has 1 fully saturated rings. The minimum Gasteiger partial charge on any atom is -0.337 e. The number of carbonyl (C=O) groups excluding carboxylic acids is 1. The second-order valence-corrected chi connectivity index (χ2v) is 6.98. The van der Waals surface area contributed by atoms with Crippen molar-refractivity contribution >= 4 is 34.4 Å². The molecule has 0 atom stereocenters. The maximum absolute atomic E-state index is 12.5. The first-order valence-corrected chi connectivity index (χ1v) is 8.83. The molecule has 136 valence electrons. The highest BCUT2D eigenvalue weighted by atomic mass is 35.5.